The van der Waals surface area contributed by atoms with E-state index >= 15 is 0 Å². The van der Waals surface area contributed by atoms with Gasteiger partial charge in [0.1, 0.15) is 18.5 Å². The number of aliphatic hydroxyl groups excluding tert-OH is 1. The molecule has 1 fully saturated rings. The number of benzene rings is 2. The van der Waals surface area contributed by atoms with Gasteiger partial charge >= 0.3 is 0 Å². The Hall–Kier alpha value is -2.37. The number of carbonyl (C=O) groups is 1. The molecule has 1 N–H and O–H groups in total. The van der Waals surface area contributed by atoms with Crippen molar-refractivity contribution >= 4 is 11.5 Å². The van der Waals surface area contributed by atoms with Gasteiger partial charge in [-0.1, -0.05) is 18.2 Å². The van der Waals surface area contributed by atoms with Gasteiger partial charge in [-0.25, -0.2) is 0 Å². The molecule has 0 amide bonds. The number of rotatable bonds is 7. The van der Waals surface area contributed by atoms with Gasteiger partial charge < -0.3 is 14.7 Å². The number of nitrogens with zero attached hydrogens (tertiary/aromatic N) is 2. The van der Waals surface area contributed by atoms with E-state index in [0.717, 1.165) is 26.2 Å². The molecule has 28 heavy (non-hydrogen) atoms. The van der Waals surface area contributed by atoms with E-state index in [0.29, 0.717) is 17.9 Å². The SMILES string of the molecule is CC(=O)c1cccc(OCC(O)CN2CCN(c3ccc(C)c(C)c3)CC2)c1. The van der Waals surface area contributed by atoms with Crippen molar-refractivity contribution in [3.05, 3.63) is 59.2 Å². The van der Waals surface area contributed by atoms with Crippen LogP contribution < -0.4 is 9.64 Å². The van der Waals surface area contributed by atoms with Crippen LogP contribution in [0, 0.1) is 13.8 Å². The van der Waals surface area contributed by atoms with Crippen molar-refractivity contribution in [1.82, 2.24) is 4.90 Å². The molecular formula is C23H30N2O3. The van der Waals surface area contributed by atoms with E-state index in [1.54, 1.807) is 18.2 Å². The monoisotopic (exact) mass is 382 g/mol. The number of aryl methyl sites for hydroxylation is 2. The number of ketones is 1. The lowest BCUT2D eigenvalue weighted by Gasteiger charge is -2.37. The minimum Gasteiger partial charge on any atom is -0.491 e. The Balaban J connectivity index is 1.44. The van der Waals surface area contributed by atoms with Gasteiger partial charge in [-0.05, 0) is 56.2 Å². The van der Waals surface area contributed by atoms with Crippen molar-refractivity contribution in [3.63, 3.8) is 0 Å². The fourth-order valence-electron chi connectivity index (χ4n) is 3.46. The summed E-state index contributed by atoms with van der Waals surface area (Å²) in [6, 6.07) is 13.7. The molecule has 5 nitrogen and oxygen atoms in total. The number of ether oxygens (including phenoxy) is 1. The van der Waals surface area contributed by atoms with Crippen LogP contribution in [0.2, 0.25) is 0 Å². The standard InChI is InChI=1S/C23H30N2O3/c1-17-7-8-21(13-18(17)2)25-11-9-24(10-12-25)15-22(27)16-28-23-6-4-5-20(14-23)19(3)26/h4-8,13-14,22,27H,9-12,15-16H2,1-3H3. The lowest BCUT2D eigenvalue weighted by molar-refractivity contribution is 0.0663. The largest absolute Gasteiger partial charge is 0.491 e. The van der Waals surface area contributed by atoms with E-state index in [1.165, 1.54) is 23.7 Å². The van der Waals surface area contributed by atoms with E-state index < -0.39 is 6.10 Å². The number of hydrogen-bond acceptors (Lipinski definition) is 5. The number of carbonyl (C=O) groups excluding carboxylic acids is 1. The first kappa shape index (κ1) is 20.4. The number of β-amino-alcohol motifs (C(OH)–C–C–N with tert-alkyl or cyclic N) is 1. The van der Waals surface area contributed by atoms with E-state index in [1.807, 2.05) is 6.07 Å². The van der Waals surface area contributed by atoms with Crippen molar-refractivity contribution in [3.8, 4) is 5.75 Å². The molecular weight excluding hydrogens is 352 g/mol. The quantitative estimate of drug-likeness (QED) is 0.746. The van der Waals surface area contributed by atoms with Crippen LogP contribution in [-0.4, -0.2) is 61.2 Å². The molecule has 1 atom stereocenters. The second-order valence-corrected chi connectivity index (χ2v) is 7.61. The van der Waals surface area contributed by atoms with Gasteiger partial charge in [-0.3, -0.25) is 9.69 Å². The Bertz CT molecular complexity index is 813. The highest BCUT2D eigenvalue weighted by atomic mass is 16.5. The zero-order valence-electron chi connectivity index (χ0n) is 17.0. The highest BCUT2D eigenvalue weighted by Crippen LogP contribution is 2.20. The van der Waals surface area contributed by atoms with Crippen LogP contribution in [0.25, 0.3) is 0 Å². The van der Waals surface area contributed by atoms with Gasteiger partial charge in [0.05, 0.1) is 0 Å². The number of hydrogen-bond donors (Lipinski definition) is 1. The third-order valence-corrected chi connectivity index (χ3v) is 5.38. The van der Waals surface area contributed by atoms with Crippen molar-refractivity contribution < 1.29 is 14.6 Å². The number of aliphatic hydroxyl groups is 1. The van der Waals surface area contributed by atoms with Crippen LogP contribution in [0.3, 0.4) is 0 Å². The maximum absolute atomic E-state index is 11.4. The first-order valence-corrected chi connectivity index (χ1v) is 9.89. The molecule has 2 aromatic rings. The lowest BCUT2D eigenvalue weighted by atomic mass is 10.1. The fourth-order valence-corrected chi connectivity index (χ4v) is 3.46. The molecule has 0 spiro atoms. The van der Waals surface area contributed by atoms with Crippen molar-refractivity contribution in [2.45, 2.75) is 26.9 Å². The second-order valence-electron chi connectivity index (χ2n) is 7.61. The van der Waals surface area contributed by atoms with Crippen LogP contribution >= 0.6 is 0 Å². The highest BCUT2D eigenvalue weighted by molar-refractivity contribution is 5.94. The molecule has 1 heterocycles. The Morgan fingerprint density at radius 3 is 2.50 bits per heavy atom. The van der Waals surface area contributed by atoms with Gasteiger partial charge in [-0.15, -0.1) is 0 Å². The van der Waals surface area contributed by atoms with Crippen molar-refractivity contribution in [2.75, 3.05) is 44.2 Å². The number of anilines is 1. The average molecular weight is 383 g/mol. The van der Waals surface area contributed by atoms with Crippen LogP contribution in [0.1, 0.15) is 28.4 Å². The zero-order chi connectivity index (χ0) is 20.1. The summed E-state index contributed by atoms with van der Waals surface area (Å²) in [4.78, 5) is 16.1. The van der Waals surface area contributed by atoms with Gasteiger partial charge in [0, 0.05) is 44.0 Å². The van der Waals surface area contributed by atoms with Gasteiger partial charge in [0.2, 0.25) is 0 Å². The summed E-state index contributed by atoms with van der Waals surface area (Å²) < 4.78 is 5.68. The van der Waals surface area contributed by atoms with Gasteiger partial charge in [0.25, 0.3) is 0 Å². The molecule has 1 aliphatic heterocycles. The molecule has 0 aliphatic carbocycles. The fraction of sp³-hybridized carbons (Fsp3) is 0.435. The molecule has 150 valence electrons. The molecule has 0 aromatic heterocycles. The van der Waals surface area contributed by atoms with Gasteiger partial charge in [0.15, 0.2) is 5.78 Å². The summed E-state index contributed by atoms with van der Waals surface area (Å²) in [5.74, 6) is 0.624. The average Bonchev–Trinajstić information content (AvgIpc) is 2.69. The summed E-state index contributed by atoms with van der Waals surface area (Å²) in [7, 11) is 0. The number of Topliss-reactive ketones (excluding diaryl/α,β-unsaturated/α-hetero) is 1. The maximum atomic E-state index is 11.4. The van der Waals surface area contributed by atoms with Gasteiger partial charge in [-0.2, -0.15) is 0 Å². The molecule has 0 bridgehead atoms. The zero-order valence-corrected chi connectivity index (χ0v) is 17.0. The summed E-state index contributed by atoms with van der Waals surface area (Å²) in [6.07, 6.45) is -0.561. The minimum atomic E-state index is -0.561. The van der Waals surface area contributed by atoms with E-state index in [4.69, 9.17) is 4.74 Å². The highest BCUT2D eigenvalue weighted by Gasteiger charge is 2.20. The first-order valence-electron chi connectivity index (χ1n) is 9.89. The molecule has 5 heteroatoms. The molecule has 3 rings (SSSR count). The smallest absolute Gasteiger partial charge is 0.159 e. The van der Waals surface area contributed by atoms with Crippen LogP contribution in [0.15, 0.2) is 42.5 Å². The molecule has 1 saturated heterocycles. The summed E-state index contributed by atoms with van der Waals surface area (Å²) >= 11 is 0. The topological polar surface area (TPSA) is 53.0 Å². The summed E-state index contributed by atoms with van der Waals surface area (Å²) in [5, 5.41) is 10.3. The lowest BCUT2D eigenvalue weighted by Crippen LogP contribution is -2.49. The Labute approximate surface area is 167 Å². The Kier molecular flexibility index (Phi) is 6.70. The van der Waals surface area contributed by atoms with Crippen LogP contribution in [0.4, 0.5) is 5.69 Å². The molecule has 0 saturated carbocycles. The molecule has 1 unspecified atom stereocenters. The predicted molar refractivity (Wildman–Crippen MR) is 113 cm³/mol. The Morgan fingerprint density at radius 2 is 1.82 bits per heavy atom. The van der Waals surface area contributed by atoms with Crippen LogP contribution in [0.5, 0.6) is 5.75 Å². The van der Waals surface area contributed by atoms with E-state index in [-0.39, 0.29) is 12.4 Å². The number of piperazine rings is 1. The van der Waals surface area contributed by atoms with Crippen molar-refractivity contribution in [1.29, 1.82) is 0 Å². The van der Waals surface area contributed by atoms with E-state index in [2.05, 4.69) is 41.8 Å². The predicted octanol–water partition coefficient (Wildman–Crippen LogP) is 3.07. The third kappa shape index (κ3) is 5.33. The van der Waals surface area contributed by atoms with Crippen molar-refractivity contribution in [2.24, 2.45) is 0 Å². The first-order chi connectivity index (χ1) is 13.4. The molecule has 0 radical (unpaired) electrons. The van der Waals surface area contributed by atoms with E-state index in [9.17, 15) is 9.90 Å². The second kappa shape index (κ2) is 9.22. The summed E-state index contributed by atoms with van der Waals surface area (Å²) in [6.45, 7) is 10.4. The normalized spacial score (nSPS) is 16.1. The maximum Gasteiger partial charge on any atom is 0.159 e. The Morgan fingerprint density at radius 1 is 1.07 bits per heavy atom. The van der Waals surface area contributed by atoms with Crippen LogP contribution in [-0.2, 0) is 0 Å². The third-order valence-electron chi connectivity index (χ3n) is 5.38. The molecule has 2 aromatic carbocycles. The summed E-state index contributed by atoms with van der Waals surface area (Å²) in [5.41, 5.74) is 4.53. The molecule has 1 aliphatic rings. The minimum absolute atomic E-state index is 0.00707.